The minimum Gasteiger partial charge on any atom is -0.394 e. The van der Waals surface area contributed by atoms with Gasteiger partial charge in [-0.25, -0.2) is 0 Å². The average Bonchev–Trinajstić information content (AvgIpc) is 2.60. The lowest BCUT2D eigenvalue weighted by molar-refractivity contribution is -0.123. The van der Waals surface area contributed by atoms with Crippen molar-refractivity contribution in [2.45, 2.75) is 32.7 Å². The van der Waals surface area contributed by atoms with Gasteiger partial charge in [-0.05, 0) is 20.8 Å². The Morgan fingerprint density at radius 3 is 2.41 bits per heavy atom. The monoisotopic (exact) mass is 241 g/mol. The molecular weight excluding hydrogens is 222 g/mol. The van der Waals surface area contributed by atoms with Crippen molar-refractivity contribution in [2.75, 3.05) is 13.2 Å². The first-order valence-corrected chi connectivity index (χ1v) is 5.45. The molecular formula is C11H19N3O3. The zero-order valence-corrected chi connectivity index (χ0v) is 10.4. The Balaban J connectivity index is 2.68. The van der Waals surface area contributed by atoms with Gasteiger partial charge in [0, 0.05) is 11.3 Å². The number of aromatic nitrogens is 2. The van der Waals surface area contributed by atoms with E-state index >= 15 is 0 Å². The highest BCUT2D eigenvalue weighted by Crippen LogP contribution is 2.11. The van der Waals surface area contributed by atoms with E-state index in [1.807, 2.05) is 13.8 Å². The van der Waals surface area contributed by atoms with Gasteiger partial charge in [-0.15, -0.1) is 0 Å². The van der Waals surface area contributed by atoms with Crippen LogP contribution in [0.1, 0.15) is 23.9 Å². The summed E-state index contributed by atoms with van der Waals surface area (Å²) in [6.45, 7) is 4.64. The largest absolute Gasteiger partial charge is 0.394 e. The van der Waals surface area contributed by atoms with Crippen molar-refractivity contribution in [2.24, 2.45) is 0 Å². The summed E-state index contributed by atoms with van der Waals surface area (Å²) in [5.41, 5.74) is 1.50. The number of carbonyl (C=O) groups is 1. The Morgan fingerprint density at radius 2 is 2.00 bits per heavy atom. The van der Waals surface area contributed by atoms with Crippen LogP contribution >= 0.6 is 0 Å². The van der Waals surface area contributed by atoms with Crippen molar-refractivity contribution < 1.29 is 15.0 Å². The Hall–Kier alpha value is -1.40. The lowest BCUT2D eigenvalue weighted by atomic mass is 10.0. The molecule has 0 aliphatic rings. The van der Waals surface area contributed by atoms with E-state index in [0.29, 0.717) is 0 Å². The molecule has 1 rings (SSSR count). The fourth-order valence-corrected chi connectivity index (χ4v) is 1.50. The zero-order valence-electron chi connectivity index (χ0n) is 10.4. The van der Waals surface area contributed by atoms with Gasteiger partial charge in [0.15, 0.2) is 0 Å². The molecule has 0 saturated heterocycles. The van der Waals surface area contributed by atoms with E-state index in [1.54, 1.807) is 6.92 Å². The van der Waals surface area contributed by atoms with Gasteiger partial charge in [-0.3, -0.25) is 9.89 Å². The Kier molecular flexibility index (Phi) is 4.25. The second kappa shape index (κ2) is 5.29. The van der Waals surface area contributed by atoms with Crippen molar-refractivity contribution in [3.63, 3.8) is 0 Å². The van der Waals surface area contributed by atoms with Crippen molar-refractivity contribution in [1.29, 1.82) is 0 Å². The van der Waals surface area contributed by atoms with Gasteiger partial charge in [-0.1, -0.05) is 0 Å². The molecule has 0 aliphatic carbocycles. The van der Waals surface area contributed by atoms with Crippen LogP contribution in [0.25, 0.3) is 0 Å². The molecule has 0 unspecified atom stereocenters. The smallest absolute Gasteiger partial charge is 0.225 e. The van der Waals surface area contributed by atoms with Crippen LogP contribution in [0.15, 0.2) is 0 Å². The summed E-state index contributed by atoms with van der Waals surface area (Å²) in [6, 6.07) is 0. The molecule has 1 amide bonds. The highest BCUT2D eigenvalue weighted by atomic mass is 16.3. The lowest BCUT2D eigenvalue weighted by Gasteiger charge is -2.26. The van der Waals surface area contributed by atoms with E-state index in [9.17, 15) is 4.79 Å². The maximum absolute atomic E-state index is 11.8. The summed E-state index contributed by atoms with van der Waals surface area (Å²) in [5.74, 6) is -0.247. The van der Waals surface area contributed by atoms with Crippen molar-refractivity contribution in [3.05, 3.63) is 17.0 Å². The number of carbonyl (C=O) groups excluding carboxylic acids is 1. The first-order chi connectivity index (χ1) is 7.91. The highest BCUT2D eigenvalue weighted by molar-refractivity contribution is 5.79. The third kappa shape index (κ3) is 3.28. The molecule has 0 aliphatic heterocycles. The van der Waals surface area contributed by atoms with Gasteiger partial charge in [-0.2, -0.15) is 5.10 Å². The van der Waals surface area contributed by atoms with Gasteiger partial charge in [0.05, 0.1) is 30.9 Å². The molecule has 0 fully saturated rings. The molecule has 17 heavy (non-hydrogen) atoms. The summed E-state index contributed by atoms with van der Waals surface area (Å²) >= 11 is 0. The van der Waals surface area contributed by atoms with E-state index in [4.69, 9.17) is 10.2 Å². The summed E-state index contributed by atoms with van der Waals surface area (Å²) in [7, 11) is 0. The third-order valence-electron chi connectivity index (χ3n) is 2.76. The number of nitrogens with zero attached hydrogens (tertiary/aromatic N) is 1. The first kappa shape index (κ1) is 13.7. The summed E-state index contributed by atoms with van der Waals surface area (Å²) in [6.07, 6.45) is 0.184. The van der Waals surface area contributed by atoms with Crippen molar-refractivity contribution >= 4 is 5.91 Å². The molecule has 1 aromatic heterocycles. The molecule has 4 N–H and O–H groups in total. The normalized spacial score (nSPS) is 11.6. The number of amides is 1. The SMILES string of the molecule is Cc1n[nH]c(C)c1CC(=O)NC(C)(CO)CO. The molecule has 0 atom stereocenters. The van der Waals surface area contributed by atoms with Gasteiger partial charge < -0.3 is 15.5 Å². The zero-order chi connectivity index (χ0) is 13.1. The first-order valence-electron chi connectivity index (χ1n) is 5.45. The second-order valence-electron chi connectivity index (χ2n) is 4.51. The number of aliphatic hydroxyl groups excluding tert-OH is 2. The van der Waals surface area contributed by atoms with E-state index < -0.39 is 5.54 Å². The molecule has 1 aromatic rings. The van der Waals surface area contributed by atoms with E-state index in [0.717, 1.165) is 17.0 Å². The number of aliphatic hydroxyl groups is 2. The van der Waals surface area contributed by atoms with E-state index in [-0.39, 0.29) is 25.5 Å². The van der Waals surface area contributed by atoms with Crippen LogP contribution in [0.5, 0.6) is 0 Å². The van der Waals surface area contributed by atoms with Gasteiger partial charge in [0.2, 0.25) is 5.91 Å². The molecule has 6 heteroatoms. The topological polar surface area (TPSA) is 98.2 Å². The van der Waals surface area contributed by atoms with E-state index in [1.165, 1.54) is 0 Å². The minimum absolute atomic E-state index is 0.184. The Labute approximate surface area is 100 Å². The number of H-pyrrole nitrogens is 1. The predicted molar refractivity (Wildman–Crippen MR) is 62.5 cm³/mol. The fourth-order valence-electron chi connectivity index (χ4n) is 1.50. The van der Waals surface area contributed by atoms with Gasteiger partial charge >= 0.3 is 0 Å². The standard InChI is InChI=1S/C11H19N3O3/c1-7-9(8(2)14-13-7)4-10(17)12-11(3,5-15)6-16/h15-16H,4-6H2,1-3H3,(H,12,17)(H,13,14). The Morgan fingerprint density at radius 1 is 1.41 bits per heavy atom. The molecule has 96 valence electrons. The number of aromatic amines is 1. The average molecular weight is 241 g/mol. The van der Waals surface area contributed by atoms with Gasteiger partial charge in [0.25, 0.3) is 0 Å². The number of hydrogen-bond donors (Lipinski definition) is 4. The third-order valence-corrected chi connectivity index (χ3v) is 2.76. The molecule has 0 radical (unpaired) electrons. The molecule has 0 bridgehead atoms. The Bertz CT molecular complexity index is 377. The molecule has 0 saturated carbocycles. The summed E-state index contributed by atoms with van der Waals surface area (Å²) < 4.78 is 0. The molecule has 6 nitrogen and oxygen atoms in total. The lowest BCUT2D eigenvalue weighted by Crippen LogP contribution is -2.52. The predicted octanol–water partition coefficient (Wildman–Crippen LogP) is -0.571. The highest BCUT2D eigenvalue weighted by Gasteiger charge is 2.25. The van der Waals surface area contributed by atoms with Crippen molar-refractivity contribution in [1.82, 2.24) is 15.5 Å². The molecule has 1 heterocycles. The number of hydrogen-bond acceptors (Lipinski definition) is 4. The maximum Gasteiger partial charge on any atom is 0.225 e. The van der Waals surface area contributed by atoms with Crippen LogP contribution in [-0.2, 0) is 11.2 Å². The quantitative estimate of drug-likeness (QED) is 0.555. The summed E-state index contributed by atoms with van der Waals surface area (Å²) in [5, 5.41) is 27.6. The fraction of sp³-hybridized carbons (Fsp3) is 0.636. The van der Waals surface area contributed by atoms with Crippen LogP contribution < -0.4 is 5.32 Å². The van der Waals surface area contributed by atoms with Crippen LogP contribution in [-0.4, -0.2) is 45.1 Å². The van der Waals surface area contributed by atoms with Crippen LogP contribution in [0.2, 0.25) is 0 Å². The van der Waals surface area contributed by atoms with Crippen molar-refractivity contribution in [3.8, 4) is 0 Å². The van der Waals surface area contributed by atoms with Crippen LogP contribution in [0.4, 0.5) is 0 Å². The van der Waals surface area contributed by atoms with Crippen LogP contribution in [0.3, 0.4) is 0 Å². The summed E-state index contributed by atoms with van der Waals surface area (Å²) in [4.78, 5) is 11.8. The van der Waals surface area contributed by atoms with Crippen LogP contribution in [0, 0.1) is 13.8 Å². The maximum atomic E-state index is 11.8. The second-order valence-corrected chi connectivity index (χ2v) is 4.51. The number of aryl methyl sites for hydroxylation is 2. The molecule has 0 spiro atoms. The van der Waals surface area contributed by atoms with Gasteiger partial charge in [0.1, 0.15) is 0 Å². The molecule has 0 aromatic carbocycles. The number of rotatable bonds is 5. The number of nitrogens with one attached hydrogen (secondary N) is 2. The van der Waals surface area contributed by atoms with E-state index in [2.05, 4.69) is 15.5 Å². The minimum atomic E-state index is -0.984.